The Morgan fingerprint density at radius 1 is 0.952 bits per heavy atom. The Hall–Kier alpha value is -1.40. The molecule has 0 amide bonds. The monoisotopic (exact) mass is 302 g/mol. The Kier molecular flexibility index (Phi) is 10.5. The molecule has 6 heteroatoms. The second kappa shape index (κ2) is 11.3. The first-order chi connectivity index (χ1) is 9.95. The number of carboxylic acids is 2. The average Bonchev–Trinajstić information content (AvgIpc) is 2.45. The minimum absolute atomic E-state index is 0.0568. The fourth-order valence-corrected chi connectivity index (χ4v) is 2.27. The lowest BCUT2D eigenvalue weighted by molar-refractivity contribution is -0.944. The molecule has 0 atom stereocenters. The molecule has 0 aromatic heterocycles. The number of aliphatic hydroxyl groups excluding tert-OH is 1. The normalized spacial score (nSPS) is 11.9. The summed E-state index contributed by atoms with van der Waals surface area (Å²) < 4.78 is 0.155. The highest BCUT2D eigenvalue weighted by molar-refractivity contribution is 5.67. The van der Waals surface area contributed by atoms with E-state index < -0.39 is 11.9 Å². The molecule has 0 aliphatic heterocycles. The van der Waals surface area contributed by atoms with Crippen LogP contribution in [0.2, 0.25) is 0 Å². The number of carbonyl (C=O) groups is 2. The molecule has 6 nitrogen and oxygen atoms in total. The van der Waals surface area contributed by atoms with Crippen LogP contribution in [0, 0.1) is 0 Å². The van der Waals surface area contributed by atoms with Crippen molar-refractivity contribution in [2.24, 2.45) is 0 Å². The Labute approximate surface area is 126 Å². The molecule has 0 rings (SSSR count). The third-order valence-corrected chi connectivity index (χ3v) is 3.64. The van der Waals surface area contributed by atoms with Crippen LogP contribution < -0.4 is 0 Å². The maximum Gasteiger partial charge on any atom is 0.309 e. The molecule has 0 aromatic carbocycles. The summed E-state index contributed by atoms with van der Waals surface area (Å²) in [5.74, 6) is -1.84. The van der Waals surface area contributed by atoms with E-state index in [4.69, 9.17) is 10.2 Å². The number of quaternary nitrogens is 1. The zero-order valence-corrected chi connectivity index (χ0v) is 12.8. The van der Waals surface area contributed by atoms with Gasteiger partial charge in [-0.2, -0.15) is 0 Å². The fourth-order valence-electron chi connectivity index (χ4n) is 2.27. The van der Waals surface area contributed by atoms with Crippen molar-refractivity contribution < 1.29 is 29.4 Å². The van der Waals surface area contributed by atoms with Crippen molar-refractivity contribution in [3.05, 3.63) is 12.2 Å². The van der Waals surface area contributed by atoms with E-state index in [1.165, 1.54) is 0 Å². The quantitative estimate of drug-likeness (QED) is 0.209. The summed E-state index contributed by atoms with van der Waals surface area (Å²) >= 11 is 0. The Bertz CT molecular complexity index is 323. The molecular weight excluding hydrogens is 274 g/mol. The minimum atomic E-state index is -0.922. The van der Waals surface area contributed by atoms with E-state index >= 15 is 0 Å². The van der Waals surface area contributed by atoms with Gasteiger partial charge >= 0.3 is 11.9 Å². The first-order valence-corrected chi connectivity index (χ1v) is 7.46. The standard InChI is InChI=1S/C15H27NO5/c1-2-3-4-5-6-7-10-16(13-17,11-8-14(18)19)12-9-15(20)21/h2-3,17H,4-13H2,1H3,(H-,18,19,20,21)/p+1/b3-2+. The number of aliphatic carboxylic acids is 2. The van der Waals surface area contributed by atoms with Gasteiger partial charge in [-0.25, -0.2) is 0 Å². The van der Waals surface area contributed by atoms with Crippen molar-refractivity contribution in [1.82, 2.24) is 0 Å². The molecule has 0 unspecified atom stereocenters. The van der Waals surface area contributed by atoms with E-state index in [0.717, 1.165) is 25.7 Å². The Morgan fingerprint density at radius 3 is 1.95 bits per heavy atom. The summed E-state index contributed by atoms with van der Waals surface area (Å²) in [5.41, 5.74) is 0. The Balaban J connectivity index is 4.38. The first kappa shape index (κ1) is 19.6. The zero-order chi connectivity index (χ0) is 16.1. The lowest BCUT2D eigenvalue weighted by Crippen LogP contribution is -2.51. The highest BCUT2D eigenvalue weighted by Crippen LogP contribution is 2.13. The van der Waals surface area contributed by atoms with E-state index in [0.29, 0.717) is 6.54 Å². The second-order valence-corrected chi connectivity index (χ2v) is 5.36. The van der Waals surface area contributed by atoms with Crippen LogP contribution in [0.15, 0.2) is 12.2 Å². The van der Waals surface area contributed by atoms with Crippen LogP contribution in [0.4, 0.5) is 0 Å². The fraction of sp³-hybridized carbons (Fsp3) is 0.733. The summed E-state index contributed by atoms with van der Waals surface area (Å²) in [5, 5.41) is 27.2. The van der Waals surface area contributed by atoms with E-state index in [2.05, 4.69) is 6.08 Å². The lowest BCUT2D eigenvalue weighted by atomic mass is 10.1. The number of nitrogens with zero attached hydrogens (tertiary/aromatic N) is 1. The second-order valence-electron chi connectivity index (χ2n) is 5.36. The van der Waals surface area contributed by atoms with E-state index in [1.807, 2.05) is 13.0 Å². The van der Waals surface area contributed by atoms with E-state index in [-0.39, 0.29) is 37.1 Å². The highest BCUT2D eigenvalue weighted by atomic mass is 16.4. The highest BCUT2D eigenvalue weighted by Gasteiger charge is 2.27. The molecule has 122 valence electrons. The van der Waals surface area contributed by atoms with Crippen molar-refractivity contribution in [1.29, 1.82) is 0 Å². The molecule has 0 spiro atoms. The number of allylic oxidation sites excluding steroid dienone is 2. The molecule has 0 aliphatic carbocycles. The Morgan fingerprint density at radius 2 is 1.52 bits per heavy atom. The van der Waals surface area contributed by atoms with Crippen LogP contribution in [-0.4, -0.2) is 58.1 Å². The van der Waals surface area contributed by atoms with Crippen LogP contribution in [0.25, 0.3) is 0 Å². The molecular formula is C15H28NO5+. The maximum atomic E-state index is 10.7. The molecule has 0 radical (unpaired) electrons. The number of hydrogen-bond donors (Lipinski definition) is 3. The van der Waals surface area contributed by atoms with Gasteiger partial charge in [0.2, 0.25) is 0 Å². The largest absolute Gasteiger partial charge is 0.481 e. The van der Waals surface area contributed by atoms with Crippen molar-refractivity contribution >= 4 is 11.9 Å². The molecule has 3 N–H and O–H groups in total. The van der Waals surface area contributed by atoms with Gasteiger partial charge in [-0.1, -0.05) is 12.2 Å². The van der Waals surface area contributed by atoms with Gasteiger partial charge in [0.15, 0.2) is 6.73 Å². The predicted octanol–water partition coefficient (Wildman–Crippen LogP) is 1.84. The van der Waals surface area contributed by atoms with Gasteiger partial charge in [-0.05, 0) is 32.6 Å². The van der Waals surface area contributed by atoms with Crippen molar-refractivity contribution in [2.75, 3.05) is 26.4 Å². The van der Waals surface area contributed by atoms with Gasteiger partial charge in [0.1, 0.15) is 0 Å². The van der Waals surface area contributed by atoms with Crippen LogP contribution >= 0.6 is 0 Å². The van der Waals surface area contributed by atoms with Crippen molar-refractivity contribution in [3.63, 3.8) is 0 Å². The maximum absolute atomic E-state index is 10.7. The lowest BCUT2D eigenvalue weighted by Gasteiger charge is -2.36. The average molecular weight is 302 g/mol. The van der Waals surface area contributed by atoms with Gasteiger partial charge < -0.3 is 19.8 Å². The van der Waals surface area contributed by atoms with Crippen LogP contribution in [-0.2, 0) is 9.59 Å². The van der Waals surface area contributed by atoms with Crippen LogP contribution in [0.1, 0.15) is 45.4 Å². The molecule has 0 bridgehead atoms. The SMILES string of the molecule is C/C=C/CCCCC[N+](CO)(CCC(=O)O)CCC(=O)O. The van der Waals surface area contributed by atoms with Gasteiger partial charge in [0.05, 0.1) is 32.5 Å². The summed E-state index contributed by atoms with van der Waals surface area (Å²) in [7, 11) is 0. The molecule has 0 saturated heterocycles. The third-order valence-electron chi connectivity index (χ3n) is 3.64. The van der Waals surface area contributed by atoms with Crippen molar-refractivity contribution in [3.8, 4) is 0 Å². The van der Waals surface area contributed by atoms with Gasteiger partial charge in [-0.3, -0.25) is 9.59 Å². The smallest absolute Gasteiger partial charge is 0.309 e. The zero-order valence-electron chi connectivity index (χ0n) is 12.8. The minimum Gasteiger partial charge on any atom is -0.481 e. The summed E-state index contributed by atoms with van der Waals surface area (Å²) in [4.78, 5) is 21.5. The number of hydrogen-bond acceptors (Lipinski definition) is 3. The van der Waals surface area contributed by atoms with Crippen LogP contribution in [0.5, 0.6) is 0 Å². The molecule has 0 fully saturated rings. The molecule has 0 aromatic rings. The summed E-state index contributed by atoms with van der Waals surface area (Å²) in [6, 6.07) is 0. The molecule has 0 saturated carbocycles. The van der Waals surface area contributed by atoms with Gasteiger partial charge in [-0.15, -0.1) is 0 Å². The predicted molar refractivity (Wildman–Crippen MR) is 79.7 cm³/mol. The number of aliphatic hydroxyl groups is 1. The van der Waals surface area contributed by atoms with E-state index in [1.54, 1.807) is 0 Å². The molecule has 21 heavy (non-hydrogen) atoms. The third kappa shape index (κ3) is 10.0. The first-order valence-electron chi connectivity index (χ1n) is 7.46. The number of unbranched alkanes of at least 4 members (excludes halogenated alkanes) is 3. The van der Waals surface area contributed by atoms with Gasteiger partial charge in [0.25, 0.3) is 0 Å². The van der Waals surface area contributed by atoms with Crippen molar-refractivity contribution in [2.45, 2.75) is 45.4 Å². The van der Waals surface area contributed by atoms with E-state index in [9.17, 15) is 14.7 Å². The van der Waals surface area contributed by atoms with Crippen LogP contribution in [0.3, 0.4) is 0 Å². The summed E-state index contributed by atoms with van der Waals surface area (Å²) in [6.07, 6.45) is 7.91. The molecule has 0 aliphatic rings. The number of carboxylic acid groups (broad SMARTS) is 2. The molecule has 0 heterocycles. The van der Waals surface area contributed by atoms with Gasteiger partial charge in [0, 0.05) is 0 Å². The topological polar surface area (TPSA) is 94.8 Å². The summed E-state index contributed by atoms with van der Waals surface area (Å²) in [6.45, 7) is 2.93. The number of rotatable bonds is 13.